The molecule has 1 aliphatic carbocycles. The normalized spacial score (nSPS) is 22.9. The molecule has 2 unspecified atom stereocenters. The fourth-order valence-electron chi connectivity index (χ4n) is 2.37. The molecule has 0 radical (unpaired) electrons. The maximum Gasteiger partial charge on any atom is 0.0549 e. The van der Waals surface area contributed by atoms with Gasteiger partial charge in [0.05, 0.1) is 6.10 Å². The summed E-state index contributed by atoms with van der Waals surface area (Å²) < 4.78 is 5.43. The summed E-state index contributed by atoms with van der Waals surface area (Å²) in [6.07, 6.45) is 4.33. The van der Waals surface area contributed by atoms with Crippen molar-refractivity contribution in [3.8, 4) is 0 Å². The molecule has 0 saturated heterocycles. The average molecular weight is 227 g/mol. The van der Waals surface area contributed by atoms with Gasteiger partial charge in [0, 0.05) is 19.2 Å². The SMILES string of the molecule is COC(C)CC(C)(CNC(C)(C)C)C1CC1. The van der Waals surface area contributed by atoms with Gasteiger partial charge < -0.3 is 10.1 Å². The summed E-state index contributed by atoms with van der Waals surface area (Å²) in [4.78, 5) is 0. The second kappa shape index (κ2) is 5.05. The first kappa shape index (κ1) is 14.0. The number of rotatable bonds is 6. The Kier molecular flexibility index (Phi) is 4.42. The van der Waals surface area contributed by atoms with Gasteiger partial charge in [0.15, 0.2) is 0 Å². The van der Waals surface area contributed by atoms with Gasteiger partial charge in [-0.2, -0.15) is 0 Å². The van der Waals surface area contributed by atoms with E-state index in [9.17, 15) is 0 Å². The van der Waals surface area contributed by atoms with Crippen molar-refractivity contribution >= 4 is 0 Å². The summed E-state index contributed by atoms with van der Waals surface area (Å²) >= 11 is 0. The number of hydrogen-bond acceptors (Lipinski definition) is 2. The molecular formula is C14H29NO. The van der Waals surface area contributed by atoms with Crippen molar-refractivity contribution in [1.82, 2.24) is 5.32 Å². The zero-order valence-electron chi connectivity index (χ0n) is 11.9. The van der Waals surface area contributed by atoms with E-state index in [1.165, 1.54) is 12.8 Å². The van der Waals surface area contributed by atoms with E-state index < -0.39 is 0 Å². The van der Waals surface area contributed by atoms with Gasteiger partial charge in [-0.25, -0.2) is 0 Å². The van der Waals surface area contributed by atoms with E-state index in [0.717, 1.165) is 18.9 Å². The van der Waals surface area contributed by atoms with E-state index in [1.54, 1.807) is 0 Å². The standard InChI is InChI=1S/C14H29NO/c1-11(16-6)9-14(5,12-7-8-12)10-15-13(2,3)4/h11-12,15H,7-10H2,1-6H3. The summed E-state index contributed by atoms with van der Waals surface area (Å²) in [5.74, 6) is 0.903. The Morgan fingerprint density at radius 1 is 1.25 bits per heavy atom. The highest BCUT2D eigenvalue weighted by atomic mass is 16.5. The molecule has 0 aromatic carbocycles. The fourth-order valence-corrected chi connectivity index (χ4v) is 2.37. The molecule has 1 aliphatic rings. The number of hydrogen-bond donors (Lipinski definition) is 1. The van der Waals surface area contributed by atoms with Crippen LogP contribution >= 0.6 is 0 Å². The van der Waals surface area contributed by atoms with Gasteiger partial charge in [-0.15, -0.1) is 0 Å². The van der Waals surface area contributed by atoms with Crippen molar-refractivity contribution in [1.29, 1.82) is 0 Å². The van der Waals surface area contributed by atoms with E-state index in [2.05, 4.69) is 39.9 Å². The molecule has 0 spiro atoms. The molecule has 1 fully saturated rings. The molecule has 1 saturated carbocycles. The number of methoxy groups -OCH3 is 1. The first-order chi connectivity index (χ1) is 7.27. The van der Waals surface area contributed by atoms with E-state index in [0.29, 0.717) is 11.5 Å². The predicted molar refractivity (Wildman–Crippen MR) is 69.7 cm³/mol. The second-order valence-corrected chi connectivity index (χ2v) is 6.78. The minimum atomic E-state index is 0.215. The maximum absolute atomic E-state index is 5.43. The van der Waals surface area contributed by atoms with E-state index in [1.807, 2.05) is 7.11 Å². The van der Waals surface area contributed by atoms with Crippen LogP contribution in [0.5, 0.6) is 0 Å². The molecule has 2 atom stereocenters. The first-order valence-corrected chi connectivity index (χ1v) is 6.55. The third-order valence-electron chi connectivity index (χ3n) is 3.74. The molecule has 2 nitrogen and oxygen atoms in total. The van der Waals surface area contributed by atoms with Crippen LogP contribution in [-0.4, -0.2) is 25.3 Å². The number of ether oxygens (including phenoxy) is 1. The summed E-state index contributed by atoms with van der Waals surface area (Å²) in [5, 5.41) is 3.66. The largest absolute Gasteiger partial charge is 0.382 e. The van der Waals surface area contributed by atoms with Gasteiger partial charge in [0.2, 0.25) is 0 Å². The molecule has 1 N–H and O–H groups in total. The minimum Gasteiger partial charge on any atom is -0.382 e. The van der Waals surface area contributed by atoms with Gasteiger partial charge in [0.25, 0.3) is 0 Å². The summed E-state index contributed by atoms with van der Waals surface area (Å²) in [6, 6.07) is 0. The third kappa shape index (κ3) is 4.42. The zero-order valence-corrected chi connectivity index (χ0v) is 11.9. The summed E-state index contributed by atoms with van der Waals surface area (Å²) in [5.41, 5.74) is 0.620. The van der Waals surface area contributed by atoms with Crippen molar-refractivity contribution in [3.63, 3.8) is 0 Å². The van der Waals surface area contributed by atoms with Crippen molar-refractivity contribution in [2.75, 3.05) is 13.7 Å². The smallest absolute Gasteiger partial charge is 0.0549 e. The van der Waals surface area contributed by atoms with Crippen LogP contribution in [-0.2, 0) is 4.74 Å². The molecule has 16 heavy (non-hydrogen) atoms. The second-order valence-electron chi connectivity index (χ2n) is 6.78. The van der Waals surface area contributed by atoms with Crippen molar-refractivity contribution in [3.05, 3.63) is 0 Å². The lowest BCUT2D eigenvalue weighted by Gasteiger charge is -2.35. The molecular weight excluding hydrogens is 198 g/mol. The van der Waals surface area contributed by atoms with Gasteiger partial charge in [-0.05, 0) is 58.3 Å². The Hall–Kier alpha value is -0.0800. The molecule has 0 heterocycles. The van der Waals surface area contributed by atoms with Crippen LogP contribution in [0.4, 0.5) is 0 Å². The number of nitrogens with one attached hydrogen (secondary N) is 1. The Bertz CT molecular complexity index is 217. The lowest BCUT2D eigenvalue weighted by molar-refractivity contribution is 0.0581. The van der Waals surface area contributed by atoms with Gasteiger partial charge >= 0.3 is 0 Å². The monoisotopic (exact) mass is 227 g/mol. The molecule has 2 heteroatoms. The highest BCUT2D eigenvalue weighted by Gasteiger charge is 2.42. The molecule has 0 amide bonds. The van der Waals surface area contributed by atoms with E-state index in [4.69, 9.17) is 4.74 Å². The molecule has 96 valence electrons. The zero-order chi connectivity index (χ0) is 12.4. The third-order valence-corrected chi connectivity index (χ3v) is 3.74. The van der Waals surface area contributed by atoms with Crippen LogP contribution in [0.1, 0.15) is 53.9 Å². The quantitative estimate of drug-likeness (QED) is 0.752. The fraction of sp³-hybridized carbons (Fsp3) is 1.00. The summed E-state index contributed by atoms with van der Waals surface area (Å²) in [7, 11) is 1.81. The van der Waals surface area contributed by atoms with Gasteiger partial charge in [-0.1, -0.05) is 6.92 Å². The van der Waals surface area contributed by atoms with Crippen LogP contribution < -0.4 is 5.32 Å². The predicted octanol–water partition coefficient (Wildman–Crippen LogP) is 3.22. The van der Waals surface area contributed by atoms with E-state index >= 15 is 0 Å². The molecule has 1 rings (SSSR count). The Morgan fingerprint density at radius 3 is 2.19 bits per heavy atom. The Labute approximate surface area is 101 Å². The van der Waals surface area contributed by atoms with Crippen LogP contribution in [0.15, 0.2) is 0 Å². The van der Waals surface area contributed by atoms with Crippen LogP contribution in [0.2, 0.25) is 0 Å². The lowest BCUT2D eigenvalue weighted by Crippen LogP contribution is -2.44. The van der Waals surface area contributed by atoms with Gasteiger partial charge in [-0.3, -0.25) is 0 Å². The van der Waals surface area contributed by atoms with Gasteiger partial charge in [0.1, 0.15) is 0 Å². The van der Waals surface area contributed by atoms with Crippen LogP contribution in [0.3, 0.4) is 0 Å². The summed E-state index contributed by atoms with van der Waals surface area (Å²) in [6.45, 7) is 12.4. The minimum absolute atomic E-state index is 0.215. The average Bonchev–Trinajstić information content (AvgIpc) is 2.97. The molecule has 0 bridgehead atoms. The van der Waals surface area contributed by atoms with Crippen molar-refractivity contribution in [2.45, 2.75) is 65.5 Å². The van der Waals surface area contributed by atoms with Crippen LogP contribution in [0.25, 0.3) is 0 Å². The van der Waals surface area contributed by atoms with Crippen molar-refractivity contribution < 1.29 is 4.74 Å². The highest BCUT2D eigenvalue weighted by Crippen LogP contribution is 2.48. The highest BCUT2D eigenvalue weighted by molar-refractivity contribution is 4.94. The topological polar surface area (TPSA) is 21.3 Å². The van der Waals surface area contributed by atoms with Crippen molar-refractivity contribution in [2.24, 2.45) is 11.3 Å². The first-order valence-electron chi connectivity index (χ1n) is 6.55. The van der Waals surface area contributed by atoms with E-state index in [-0.39, 0.29) is 5.54 Å². The Morgan fingerprint density at radius 2 is 1.81 bits per heavy atom. The lowest BCUT2D eigenvalue weighted by atomic mass is 9.79. The Balaban J connectivity index is 2.51. The molecule has 0 aliphatic heterocycles. The van der Waals surface area contributed by atoms with Crippen LogP contribution in [0, 0.1) is 11.3 Å². The molecule has 0 aromatic rings. The molecule has 0 aromatic heterocycles. The maximum atomic E-state index is 5.43.